The topological polar surface area (TPSA) is 81.8 Å². The number of fused-ring (bicyclic) bond motifs is 1. The molecule has 4 amide bonds. The van der Waals surface area contributed by atoms with Gasteiger partial charge in [0.1, 0.15) is 12.0 Å². The number of halogens is 1. The van der Waals surface area contributed by atoms with E-state index in [-0.39, 0.29) is 30.5 Å². The lowest BCUT2D eigenvalue weighted by Crippen LogP contribution is -2.56. The predicted molar refractivity (Wildman–Crippen MR) is 103 cm³/mol. The molecular formula is C20H22FN4O3+. The van der Waals surface area contributed by atoms with Crippen LogP contribution in [0.3, 0.4) is 0 Å². The van der Waals surface area contributed by atoms with Crippen molar-refractivity contribution in [2.75, 3.05) is 18.4 Å². The minimum atomic E-state index is -0.712. The standard InChI is InChI=1S/C20H21FN4O3/c1-13(2)9-11-24-19(27)14-6-5-10-22-18(14)25(20(24)28)12-17(26)23-16-8-4-3-7-15(16)21/h3-8,10,13-14H,9,11-12H2,1-2H3/p+1. The number of nitrogens with one attached hydrogen (secondary N) is 1. The molecule has 1 aromatic carbocycles. The highest BCUT2D eigenvalue weighted by Gasteiger charge is 2.46. The van der Waals surface area contributed by atoms with E-state index in [1.807, 2.05) is 13.8 Å². The molecule has 1 unspecified atom stereocenters. The molecular weight excluding hydrogens is 363 g/mol. The van der Waals surface area contributed by atoms with Crippen molar-refractivity contribution < 1.29 is 23.3 Å². The molecule has 0 saturated heterocycles. The van der Waals surface area contributed by atoms with Gasteiger partial charge in [-0.3, -0.25) is 9.59 Å². The van der Waals surface area contributed by atoms with Gasteiger partial charge in [-0.2, -0.15) is 9.48 Å². The van der Waals surface area contributed by atoms with Crippen LogP contribution in [0.1, 0.15) is 20.3 Å². The lowest BCUT2D eigenvalue weighted by molar-refractivity contribution is -0.429. The third-order valence-electron chi connectivity index (χ3n) is 4.52. The smallest absolute Gasteiger partial charge is 0.321 e. The molecule has 2 aliphatic heterocycles. The molecule has 1 atom stereocenters. The van der Waals surface area contributed by atoms with Gasteiger partial charge in [0.2, 0.25) is 0 Å². The Balaban J connectivity index is 1.86. The van der Waals surface area contributed by atoms with Crippen LogP contribution in [0.25, 0.3) is 0 Å². The van der Waals surface area contributed by atoms with Crippen LogP contribution in [0.4, 0.5) is 14.9 Å². The van der Waals surface area contributed by atoms with E-state index in [1.165, 1.54) is 29.0 Å². The first-order valence-electron chi connectivity index (χ1n) is 9.13. The molecule has 0 bridgehead atoms. The third-order valence-corrected chi connectivity index (χ3v) is 4.52. The van der Waals surface area contributed by atoms with Crippen LogP contribution in [0.2, 0.25) is 0 Å². The number of aliphatic imine (C=N–C) groups is 1. The molecule has 0 saturated carbocycles. The molecule has 2 aliphatic rings. The lowest BCUT2D eigenvalue weighted by Gasteiger charge is -2.27. The summed E-state index contributed by atoms with van der Waals surface area (Å²) in [6.07, 6.45) is 5.42. The SMILES string of the molecule is CC(C)CCN1C(=O)C2C=CC=NC2=[N+](CC(=O)Nc2ccccc2F)C1=O. The van der Waals surface area contributed by atoms with Crippen molar-refractivity contribution in [1.82, 2.24) is 4.90 Å². The summed E-state index contributed by atoms with van der Waals surface area (Å²) < 4.78 is 15.0. The Bertz CT molecular complexity index is 904. The summed E-state index contributed by atoms with van der Waals surface area (Å²) in [6, 6.07) is 5.18. The van der Waals surface area contributed by atoms with Crippen molar-refractivity contribution in [2.24, 2.45) is 16.8 Å². The quantitative estimate of drug-likeness (QED) is 0.764. The number of para-hydroxylation sites is 1. The highest BCUT2D eigenvalue weighted by Crippen LogP contribution is 2.20. The Kier molecular flexibility index (Phi) is 5.77. The number of carbonyl (C=O) groups is 3. The summed E-state index contributed by atoms with van der Waals surface area (Å²) in [5.74, 6) is -1.69. The van der Waals surface area contributed by atoms with E-state index in [0.29, 0.717) is 12.3 Å². The van der Waals surface area contributed by atoms with Crippen molar-refractivity contribution >= 4 is 35.6 Å². The summed E-state index contributed by atoms with van der Waals surface area (Å²) >= 11 is 0. The number of amides is 4. The number of dihydropyridines is 1. The zero-order valence-electron chi connectivity index (χ0n) is 15.8. The number of anilines is 1. The zero-order valence-corrected chi connectivity index (χ0v) is 15.8. The van der Waals surface area contributed by atoms with E-state index in [0.717, 1.165) is 4.90 Å². The molecule has 2 heterocycles. The molecule has 0 spiro atoms. The van der Waals surface area contributed by atoms with Gasteiger partial charge < -0.3 is 5.32 Å². The normalized spacial score (nSPS) is 18.7. The van der Waals surface area contributed by atoms with Crippen molar-refractivity contribution in [3.63, 3.8) is 0 Å². The maximum atomic E-state index is 13.8. The second kappa shape index (κ2) is 8.24. The molecule has 3 rings (SSSR count). The molecule has 146 valence electrons. The second-order valence-electron chi connectivity index (χ2n) is 7.07. The Morgan fingerprint density at radius 3 is 2.79 bits per heavy atom. The van der Waals surface area contributed by atoms with Crippen LogP contribution in [-0.4, -0.2) is 52.5 Å². The summed E-state index contributed by atoms with van der Waals surface area (Å²) in [5, 5.41) is 2.46. The van der Waals surface area contributed by atoms with Gasteiger partial charge in [-0.25, -0.2) is 9.18 Å². The fourth-order valence-electron chi connectivity index (χ4n) is 3.02. The van der Waals surface area contributed by atoms with Gasteiger partial charge in [-0.15, -0.1) is 4.99 Å². The number of imide groups is 1. The van der Waals surface area contributed by atoms with Gasteiger partial charge in [0.15, 0.2) is 12.5 Å². The third kappa shape index (κ3) is 4.05. The van der Waals surface area contributed by atoms with E-state index in [9.17, 15) is 18.8 Å². The minimum Gasteiger partial charge on any atom is -0.321 e. The molecule has 0 aromatic heterocycles. The van der Waals surface area contributed by atoms with Crippen LogP contribution in [0, 0.1) is 17.7 Å². The minimum absolute atomic E-state index is 0.0262. The Morgan fingerprint density at radius 2 is 2.07 bits per heavy atom. The molecule has 1 N–H and O–H groups in total. The van der Waals surface area contributed by atoms with Crippen molar-refractivity contribution in [3.05, 3.63) is 42.2 Å². The van der Waals surface area contributed by atoms with E-state index in [4.69, 9.17) is 0 Å². The Hall–Kier alpha value is -3.16. The van der Waals surface area contributed by atoms with E-state index in [2.05, 4.69) is 10.3 Å². The number of urea groups is 1. The van der Waals surface area contributed by atoms with E-state index >= 15 is 0 Å². The van der Waals surface area contributed by atoms with Gasteiger partial charge in [0.05, 0.1) is 12.2 Å². The van der Waals surface area contributed by atoms with E-state index in [1.54, 1.807) is 18.2 Å². The van der Waals surface area contributed by atoms with Gasteiger partial charge in [0.25, 0.3) is 11.7 Å². The Morgan fingerprint density at radius 1 is 1.32 bits per heavy atom. The van der Waals surface area contributed by atoms with Gasteiger partial charge >= 0.3 is 11.9 Å². The number of allylic oxidation sites excluding steroid dienone is 1. The maximum absolute atomic E-state index is 13.8. The summed E-state index contributed by atoms with van der Waals surface area (Å²) in [7, 11) is 0. The monoisotopic (exact) mass is 385 g/mol. The molecule has 7 nitrogen and oxygen atoms in total. The second-order valence-corrected chi connectivity index (χ2v) is 7.07. The summed E-state index contributed by atoms with van der Waals surface area (Å²) in [5.41, 5.74) is 0.0262. The van der Waals surface area contributed by atoms with Gasteiger partial charge in [-0.1, -0.05) is 32.1 Å². The predicted octanol–water partition coefficient (Wildman–Crippen LogP) is 2.44. The number of amidine groups is 1. The van der Waals surface area contributed by atoms with Crippen LogP contribution in [0.15, 0.2) is 41.4 Å². The fourth-order valence-corrected chi connectivity index (χ4v) is 3.02. The van der Waals surface area contributed by atoms with Crippen molar-refractivity contribution in [1.29, 1.82) is 0 Å². The average molecular weight is 385 g/mol. The largest absolute Gasteiger partial charge is 0.446 e. The molecule has 0 fully saturated rings. The fraction of sp³-hybridized carbons (Fsp3) is 0.350. The first kappa shape index (κ1) is 19.6. The number of benzene rings is 1. The highest BCUT2D eigenvalue weighted by atomic mass is 19.1. The van der Waals surface area contributed by atoms with Crippen LogP contribution >= 0.6 is 0 Å². The summed E-state index contributed by atoms with van der Waals surface area (Å²) in [4.78, 5) is 43.4. The molecule has 0 aliphatic carbocycles. The molecule has 1 aromatic rings. The molecule has 0 radical (unpaired) electrons. The average Bonchev–Trinajstić information content (AvgIpc) is 2.67. The van der Waals surface area contributed by atoms with Crippen LogP contribution in [0.5, 0.6) is 0 Å². The molecule has 8 heteroatoms. The molecule has 28 heavy (non-hydrogen) atoms. The number of hydrogen-bond acceptors (Lipinski definition) is 4. The zero-order chi connectivity index (χ0) is 20.3. The number of hydrogen-bond donors (Lipinski definition) is 1. The number of nitrogens with zero attached hydrogens (tertiary/aromatic N) is 3. The van der Waals surface area contributed by atoms with Gasteiger partial charge in [0, 0.05) is 0 Å². The van der Waals surface area contributed by atoms with Gasteiger partial charge in [-0.05, 0) is 30.5 Å². The Labute approximate surface area is 162 Å². The van der Waals surface area contributed by atoms with Crippen molar-refractivity contribution in [2.45, 2.75) is 20.3 Å². The highest BCUT2D eigenvalue weighted by molar-refractivity contribution is 6.15. The maximum Gasteiger partial charge on any atom is 0.446 e. The first-order chi connectivity index (χ1) is 13.4. The number of carbonyl (C=O) groups excluding carboxylic acids is 3. The number of rotatable bonds is 6. The van der Waals surface area contributed by atoms with Crippen molar-refractivity contribution in [3.8, 4) is 0 Å². The summed E-state index contributed by atoms with van der Waals surface area (Å²) in [6.45, 7) is 3.90. The lowest BCUT2D eigenvalue weighted by atomic mass is 10.0. The van der Waals surface area contributed by atoms with Crippen LogP contribution in [-0.2, 0) is 9.59 Å². The first-order valence-corrected chi connectivity index (χ1v) is 9.13. The van der Waals surface area contributed by atoms with E-state index < -0.39 is 23.7 Å². The van der Waals surface area contributed by atoms with Crippen LogP contribution < -0.4 is 5.32 Å².